The molecule has 3 aromatic carbocycles. The normalized spacial score (nSPS) is 22.1. The first kappa shape index (κ1) is 19.7. The molecule has 31 heavy (non-hydrogen) atoms. The number of carbonyl (C=O) groups excluding carboxylic acids is 2. The lowest BCUT2D eigenvalue weighted by Crippen LogP contribution is -3.13. The third-order valence-electron chi connectivity index (χ3n) is 6.46. The van der Waals surface area contributed by atoms with E-state index in [2.05, 4.69) is 5.32 Å². The van der Waals surface area contributed by atoms with E-state index in [0.29, 0.717) is 19.3 Å². The first-order chi connectivity index (χ1) is 15.0. The molecule has 0 bridgehead atoms. The average molecular weight is 418 g/mol. The maximum atomic E-state index is 13.5. The summed E-state index contributed by atoms with van der Waals surface area (Å²) in [6.07, 6.45) is 2.14. The van der Waals surface area contributed by atoms with E-state index >= 15 is 0 Å². The number of carbonyl (C=O) groups is 2. The fraction of sp³-hybridized carbons (Fsp3) is 0.280. The number of hydrogen-bond acceptors (Lipinski definition) is 2. The molecule has 1 saturated heterocycles. The number of nitrogens with zero attached hydrogens (tertiary/aromatic N) is 1. The summed E-state index contributed by atoms with van der Waals surface area (Å²) in [5.74, 6) is -0.497. The molecule has 3 amide bonds. The Labute approximate surface area is 180 Å². The molecule has 6 heteroatoms. The number of quaternary nitrogens is 1. The van der Waals surface area contributed by atoms with Crippen LogP contribution in [0, 0.1) is 5.82 Å². The van der Waals surface area contributed by atoms with Gasteiger partial charge in [0.25, 0.3) is 5.91 Å². The molecule has 5 nitrogen and oxygen atoms in total. The Morgan fingerprint density at radius 1 is 1.03 bits per heavy atom. The van der Waals surface area contributed by atoms with Gasteiger partial charge in [0.1, 0.15) is 17.9 Å². The van der Waals surface area contributed by atoms with E-state index < -0.39 is 5.54 Å². The number of rotatable bonds is 6. The summed E-state index contributed by atoms with van der Waals surface area (Å²) in [5.41, 5.74) is 0.688. The molecule has 2 atom stereocenters. The SMILES string of the molecule is C[C@@]1(c2cccc3ccccc23)NC(=O)N(C[NH+](Cc2ccc(F)cc2)C2CC2)C1=O. The summed E-state index contributed by atoms with van der Waals surface area (Å²) < 4.78 is 13.3. The highest BCUT2D eigenvalue weighted by molar-refractivity contribution is 6.09. The molecular formula is C25H25FN3O2+. The molecule has 0 spiro atoms. The quantitative estimate of drug-likeness (QED) is 0.605. The Morgan fingerprint density at radius 3 is 2.48 bits per heavy atom. The van der Waals surface area contributed by atoms with Gasteiger partial charge in [0.2, 0.25) is 0 Å². The van der Waals surface area contributed by atoms with Crippen molar-refractivity contribution in [2.24, 2.45) is 0 Å². The molecule has 0 aromatic heterocycles. The highest BCUT2D eigenvalue weighted by Crippen LogP contribution is 2.33. The van der Waals surface area contributed by atoms with E-state index in [1.807, 2.05) is 42.5 Å². The zero-order chi connectivity index (χ0) is 21.6. The van der Waals surface area contributed by atoms with Crippen LogP contribution in [0.15, 0.2) is 66.7 Å². The number of hydrogen-bond donors (Lipinski definition) is 2. The standard InChI is InChI=1S/C25H24FN3O2/c1-25(22-8-4-6-18-5-2-3-7-21(18)22)23(30)29(24(31)27-25)16-28(20-13-14-20)15-17-9-11-19(26)12-10-17/h2-12,20H,13-16H2,1H3,(H,27,31)/p+1/t25-/m0/s1. The van der Waals surface area contributed by atoms with Crippen LogP contribution < -0.4 is 10.2 Å². The third kappa shape index (κ3) is 3.57. The third-order valence-corrected chi connectivity index (χ3v) is 6.46. The van der Waals surface area contributed by atoms with E-state index in [4.69, 9.17) is 0 Å². The highest BCUT2D eigenvalue weighted by atomic mass is 19.1. The van der Waals surface area contributed by atoms with Crippen molar-refractivity contribution < 1.29 is 18.9 Å². The van der Waals surface area contributed by atoms with Crippen LogP contribution in [0.4, 0.5) is 9.18 Å². The minimum atomic E-state index is -1.11. The lowest BCUT2D eigenvalue weighted by molar-refractivity contribution is -0.931. The van der Waals surface area contributed by atoms with Gasteiger partial charge in [0, 0.05) is 18.4 Å². The lowest BCUT2D eigenvalue weighted by atomic mass is 9.88. The minimum absolute atomic E-state index is 0.230. The van der Waals surface area contributed by atoms with E-state index in [9.17, 15) is 14.0 Å². The molecule has 1 saturated carbocycles. The van der Waals surface area contributed by atoms with Crippen LogP contribution in [-0.4, -0.2) is 29.5 Å². The van der Waals surface area contributed by atoms with Crippen molar-refractivity contribution in [1.29, 1.82) is 0 Å². The maximum Gasteiger partial charge on any atom is 0.329 e. The van der Waals surface area contributed by atoms with Gasteiger partial charge in [-0.3, -0.25) is 4.79 Å². The molecule has 1 aliphatic carbocycles. The fourth-order valence-electron chi connectivity index (χ4n) is 4.57. The van der Waals surface area contributed by atoms with Crippen molar-refractivity contribution >= 4 is 22.7 Å². The van der Waals surface area contributed by atoms with Gasteiger partial charge in [0.05, 0.1) is 6.04 Å². The van der Waals surface area contributed by atoms with Crippen molar-refractivity contribution in [2.75, 3.05) is 6.67 Å². The molecule has 5 rings (SSSR count). The molecule has 1 aliphatic heterocycles. The predicted molar refractivity (Wildman–Crippen MR) is 116 cm³/mol. The van der Waals surface area contributed by atoms with Crippen molar-refractivity contribution in [3.05, 3.63) is 83.7 Å². The minimum Gasteiger partial charge on any atom is -0.319 e. The maximum absolute atomic E-state index is 13.5. The van der Waals surface area contributed by atoms with Crippen LogP contribution in [0.1, 0.15) is 30.9 Å². The zero-order valence-corrected chi connectivity index (χ0v) is 17.4. The molecular weight excluding hydrogens is 393 g/mol. The van der Waals surface area contributed by atoms with Gasteiger partial charge >= 0.3 is 6.03 Å². The Morgan fingerprint density at radius 2 is 1.74 bits per heavy atom. The van der Waals surface area contributed by atoms with Crippen molar-refractivity contribution in [2.45, 2.75) is 37.9 Å². The van der Waals surface area contributed by atoms with Gasteiger partial charge in [-0.15, -0.1) is 0 Å². The highest BCUT2D eigenvalue weighted by Gasteiger charge is 2.51. The average Bonchev–Trinajstić information content (AvgIpc) is 3.59. The van der Waals surface area contributed by atoms with E-state index in [-0.39, 0.29) is 17.8 Å². The molecule has 3 aromatic rings. The second kappa shape index (κ2) is 7.46. The lowest BCUT2D eigenvalue weighted by Gasteiger charge is -2.26. The number of nitrogens with one attached hydrogen (secondary N) is 2. The molecule has 1 unspecified atom stereocenters. The van der Waals surface area contributed by atoms with Gasteiger partial charge in [-0.25, -0.2) is 14.1 Å². The van der Waals surface area contributed by atoms with E-state index in [1.54, 1.807) is 19.1 Å². The predicted octanol–water partition coefficient (Wildman–Crippen LogP) is 2.95. The summed E-state index contributed by atoms with van der Waals surface area (Å²) in [6, 6.07) is 20.2. The van der Waals surface area contributed by atoms with Crippen LogP contribution in [0.5, 0.6) is 0 Å². The Bertz CT molecular complexity index is 1150. The number of imide groups is 1. The Kier molecular flexibility index (Phi) is 4.74. The second-order valence-corrected chi connectivity index (χ2v) is 8.71. The zero-order valence-electron chi connectivity index (χ0n) is 17.4. The summed E-state index contributed by atoms with van der Waals surface area (Å²) in [4.78, 5) is 28.9. The van der Waals surface area contributed by atoms with Gasteiger partial charge in [-0.2, -0.15) is 0 Å². The molecule has 2 N–H and O–H groups in total. The van der Waals surface area contributed by atoms with Gasteiger partial charge in [-0.05, 0) is 35.4 Å². The van der Waals surface area contributed by atoms with Gasteiger partial charge in [0.15, 0.2) is 6.67 Å². The summed E-state index contributed by atoms with van der Waals surface area (Å²) in [6.45, 7) is 2.73. The smallest absolute Gasteiger partial charge is 0.319 e. The Balaban J connectivity index is 1.42. The molecule has 2 aliphatic rings. The second-order valence-electron chi connectivity index (χ2n) is 8.71. The van der Waals surface area contributed by atoms with Gasteiger partial charge in [-0.1, -0.05) is 54.6 Å². The summed E-state index contributed by atoms with van der Waals surface area (Å²) >= 11 is 0. The molecule has 158 valence electrons. The molecule has 1 heterocycles. The number of fused-ring (bicyclic) bond motifs is 1. The summed E-state index contributed by atoms with van der Waals surface area (Å²) in [7, 11) is 0. The first-order valence-electron chi connectivity index (χ1n) is 10.7. The van der Waals surface area contributed by atoms with Crippen LogP contribution in [-0.2, 0) is 16.9 Å². The molecule has 2 fully saturated rings. The van der Waals surface area contributed by atoms with Crippen molar-refractivity contribution in [3.8, 4) is 0 Å². The number of halogens is 1. The van der Waals surface area contributed by atoms with Crippen LogP contribution in [0.3, 0.4) is 0 Å². The fourth-order valence-corrected chi connectivity index (χ4v) is 4.57. The number of amides is 3. The monoisotopic (exact) mass is 418 g/mol. The number of urea groups is 1. The first-order valence-corrected chi connectivity index (χ1v) is 10.7. The van der Waals surface area contributed by atoms with Crippen molar-refractivity contribution in [3.63, 3.8) is 0 Å². The van der Waals surface area contributed by atoms with Crippen molar-refractivity contribution in [1.82, 2.24) is 10.2 Å². The van der Waals surface area contributed by atoms with Crippen LogP contribution in [0.25, 0.3) is 10.8 Å². The van der Waals surface area contributed by atoms with Crippen LogP contribution in [0.2, 0.25) is 0 Å². The van der Waals surface area contributed by atoms with Crippen LogP contribution >= 0.6 is 0 Å². The van der Waals surface area contributed by atoms with E-state index in [0.717, 1.165) is 39.6 Å². The number of benzene rings is 3. The summed E-state index contributed by atoms with van der Waals surface area (Å²) in [5, 5.41) is 4.94. The topological polar surface area (TPSA) is 53.9 Å². The largest absolute Gasteiger partial charge is 0.329 e. The van der Waals surface area contributed by atoms with Gasteiger partial charge < -0.3 is 10.2 Å². The van der Waals surface area contributed by atoms with E-state index in [1.165, 1.54) is 17.0 Å². The molecule has 0 radical (unpaired) electrons. The Hall–Kier alpha value is -3.25.